The molecule has 3 aromatic rings. The fourth-order valence-corrected chi connectivity index (χ4v) is 4.58. The van der Waals surface area contributed by atoms with Crippen LogP contribution in [0.4, 0.5) is 0 Å². The average molecular weight is 633 g/mol. The van der Waals surface area contributed by atoms with Crippen molar-refractivity contribution < 1.29 is 38.1 Å². The molecule has 246 valence electrons. The first-order valence-electron chi connectivity index (χ1n) is 15.3. The number of ether oxygens (including phenoxy) is 5. The molecule has 0 aliphatic rings. The summed E-state index contributed by atoms with van der Waals surface area (Å²) >= 11 is 0. The number of hydrogen-bond acceptors (Lipinski definition) is 8. The van der Waals surface area contributed by atoms with Gasteiger partial charge in [0.05, 0.1) is 7.11 Å². The van der Waals surface area contributed by atoms with Crippen molar-refractivity contribution in [3.63, 3.8) is 0 Å². The van der Waals surface area contributed by atoms with Gasteiger partial charge in [0.2, 0.25) is 11.7 Å². The number of hydrogen-bond donors (Lipinski definition) is 2. The molecule has 0 aliphatic heterocycles. The lowest BCUT2D eigenvalue weighted by Gasteiger charge is -2.19. The molecular weight excluding hydrogens is 588 g/mol. The van der Waals surface area contributed by atoms with Gasteiger partial charge in [0.1, 0.15) is 11.8 Å². The molecule has 0 unspecified atom stereocenters. The summed E-state index contributed by atoms with van der Waals surface area (Å²) in [5.41, 5.74) is 2.97. The Morgan fingerprint density at radius 2 is 1.50 bits per heavy atom. The van der Waals surface area contributed by atoms with Gasteiger partial charge in [-0.3, -0.25) is 14.4 Å². The molecule has 3 rings (SSSR count). The van der Waals surface area contributed by atoms with Crippen molar-refractivity contribution in [2.45, 2.75) is 45.1 Å². The maximum atomic E-state index is 13.7. The number of rotatable bonds is 20. The Bertz CT molecular complexity index is 1420. The van der Waals surface area contributed by atoms with Gasteiger partial charge >= 0.3 is 0 Å². The molecule has 0 fully saturated rings. The van der Waals surface area contributed by atoms with Crippen molar-refractivity contribution >= 4 is 23.7 Å². The number of carbonyl (C=O) groups excluding carboxylic acids is 3. The molecule has 0 radical (unpaired) electrons. The van der Waals surface area contributed by atoms with Gasteiger partial charge in [0, 0.05) is 32.8 Å². The third-order valence-corrected chi connectivity index (χ3v) is 7.05. The molecule has 2 amide bonds. The van der Waals surface area contributed by atoms with Gasteiger partial charge in [-0.25, -0.2) is 0 Å². The van der Waals surface area contributed by atoms with Crippen LogP contribution in [-0.2, 0) is 36.7 Å². The number of benzene rings is 3. The molecule has 0 aromatic heterocycles. The van der Waals surface area contributed by atoms with E-state index < -0.39 is 23.6 Å². The average Bonchev–Trinajstić information content (AvgIpc) is 3.08. The van der Waals surface area contributed by atoms with E-state index in [1.807, 2.05) is 61.5 Å². The molecule has 0 saturated carbocycles. The van der Waals surface area contributed by atoms with Crippen LogP contribution in [0.25, 0.3) is 6.08 Å². The summed E-state index contributed by atoms with van der Waals surface area (Å²) in [6.07, 6.45) is 4.54. The molecule has 0 aliphatic carbocycles. The largest absolute Gasteiger partial charge is 0.497 e. The quantitative estimate of drug-likeness (QED) is 0.103. The van der Waals surface area contributed by atoms with Crippen LogP contribution >= 0.6 is 0 Å². The Kier molecular flexibility index (Phi) is 15.3. The van der Waals surface area contributed by atoms with E-state index in [4.69, 9.17) is 23.7 Å². The molecule has 0 spiro atoms. The minimum absolute atomic E-state index is 0.00509. The van der Waals surface area contributed by atoms with Crippen LogP contribution in [0, 0.1) is 0 Å². The van der Waals surface area contributed by atoms with E-state index in [0.29, 0.717) is 35.5 Å². The molecule has 10 nitrogen and oxygen atoms in total. The van der Waals surface area contributed by atoms with Crippen LogP contribution in [0.2, 0.25) is 0 Å². The highest BCUT2D eigenvalue weighted by Crippen LogP contribution is 2.30. The van der Waals surface area contributed by atoms with Crippen LogP contribution in [-0.4, -0.2) is 65.1 Å². The number of unbranched alkanes of at least 4 members (excludes halogenated alkanes) is 1. The Balaban J connectivity index is 1.80. The van der Waals surface area contributed by atoms with Gasteiger partial charge in [-0.15, -0.1) is 0 Å². The van der Waals surface area contributed by atoms with Gasteiger partial charge in [-0.05, 0) is 66.3 Å². The number of methoxy groups -OCH3 is 3. The van der Waals surface area contributed by atoms with Crippen LogP contribution in [0.15, 0.2) is 78.4 Å². The molecule has 1 atom stereocenters. The van der Waals surface area contributed by atoms with Crippen molar-refractivity contribution in [1.82, 2.24) is 10.6 Å². The van der Waals surface area contributed by atoms with Crippen molar-refractivity contribution in [3.8, 4) is 17.2 Å². The highest BCUT2D eigenvalue weighted by atomic mass is 16.7. The van der Waals surface area contributed by atoms with E-state index in [2.05, 4.69) is 10.6 Å². The van der Waals surface area contributed by atoms with Crippen LogP contribution in [0.5, 0.6) is 17.2 Å². The summed E-state index contributed by atoms with van der Waals surface area (Å²) in [4.78, 5) is 40.2. The monoisotopic (exact) mass is 632 g/mol. The maximum Gasteiger partial charge on any atom is 0.289 e. The van der Waals surface area contributed by atoms with Gasteiger partial charge in [0.25, 0.3) is 5.91 Å². The SMILES string of the molecule is CCCC/C(=C\c1ccc(OCOC)c(OCOC)c1)C(=O)N[C@@H](Cc1ccccc1)C(=O)C(=O)NCCc1ccc(OC)cc1. The second kappa shape index (κ2) is 19.7. The van der Waals surface area contributed by atoms with E-state index in [-0.39, 0.29) is 26.6 Å². The molecule has 46 heavy (non-hydrogen) atoms. The molecule has 10 heteroatoms. The van der Waals surface area contributed by atoms with Crippen LogP contribution < -0.4 is 24.8 Å². The van der Waals surface area contributed by atoms with E-state index >= 15 is 0 Å². The number of ketones is 1. The summed E-state index contributed by atoms with van der Waals surface area (Å²) in [5.74, 6) is -0.263. The molecule has 3 aromatic carbocycles. The second-order valence-corrected chi connectivity index (χ2v) is 10.5. The summed E-state index contributed by atoms with van der Waals surface area (Å²) < 4.78 is 26.5. The van der Waals surface area contributed by atoms with Gasteiger partial charge in [-0.1, -0.05) is 61.9 Å². The Morgan fingerprint density at radius 3 is 2.15 bits per heavy atom. The van der Waals surface area contributed by atoms with Crippen molar-refractivity contribution in [2.75, 3.05) is 41.5 Å². The Labute approximate surface area is 271 Å². The van der Waals surface area contributed by atoms with E-state index in [9.17, 15) is 14.4 Å². The predicted molar refractivity (Wildman–Crippen MR) is 176 cm³/mol. The first-order chi connectivity index (χ1) is 22.4. The molecule has 0 bridgehead atoms. The first-order valence-corrected chi connectivity index (χ1v) is 15.3. The van der Waals surface area contributed by atoms with Crippen molar-refractivity contribution in [1.29, 1.82) is 0 Å². The lowest BCUT2D eigenvalue weighted by Crippen LogP contribution is -2.49. The highest BCUT2D eigenvalue weighted by Gasteiger charge is 2.28. The number of carbonyl (C=O) groups is 3. The van der Waals surface area contributed by atoms with Crippen LogP contribution in [0.3, 0.4) is 0 Å². The summed E-state index contributed by atoms with van der Waals surface area (Å²) in [5, 5.41) is 5.58. The lowest BCUT2D eigenvalue weighted by atomic mass is 9.99. The number of amides is 2. The standard InChI is InChI=1S/C36H44N2O8/c1-5-6-12-29(21-28-15-18-32(45-24-42-2)33(23-28)46-25-43-3)35(40)38-31(22-27-10-8-7-9-11-27)34(39)36(41)37-20-19-26-13-16-30(44-4)17-14-26/h7-11,13-18,21,23,31H,5-6,12,19-20,22,24-25H2,1-4H3,(H,37,41)(H,38,40)/b29-21+/t31-/m0/s1. The van der Waals surface area contributed by atoms with Gasteiger partial charge in [0.15, 0.2) is 25.1 Å². The Morgan fingerprint density at radius 1 is 0.804 bits per heavy atom. The minimum atomic E-state index is -1.06. The lowest BCUT2D eigenvalue weighted by molar-refractivity contribution is -0.139. The zero-order chi connectivity index (χ0) is 33.1. The molecular formula is C36H44N2O8. The number of Topliss-reactive ketones (excluding diaryl/α,β-unsaturated/α-hetero) is 1. The molecule has 0 heterocycles. The van der Waals surface area contributed by atoms with Gasteiger partial charge in [-0.2, -0.15) is 0 Å². The molecule has 0 saturated heterocycles. The van der Waals surface area contributed by atoms with E-state index in [1.165, 1.54) is 14.2 Å². The third-order valence-electron chi connectivity index (χ3n) is 7.05. The smallest absolute Gasteiger partial charge is 0.289 e. The fraction of sp³-hybridized carbons (Fsp3) is 0.361. The predicted octanol–water partition coefficient (Wildman–Crippen LogP) is 4.89. The normalized spacial score (nSPS) is 11.8. The van der Waals surface area contributed by atoms with Crippen molar-refractivity contribution in [3.05, 3.63) is 95.1 Å². The van der Waals surface area contributed by atoms with Crippen LogP contribution in [0.1, 0.15) is 42.9 Å². The highest BCUT2D eigenvalue weighted by molar-refractivity contribution is 6.38. The third kappa shape index (κ3) is 11.7. The van der Waals surface area contributed by atoms with Crippen molar-refractivity contribution in [2.24, 2.45) is 0 Å². The number of nitrogens with one attached hydrogen (secondary N) is 2. The minimum Gasteiger partial charge on any atom is -0.497 e. The first kappa shape index (κ1) is 35.8. The maximum absolute atomic E-state index is 13.7. The van der Waals surface area contributed by atoms with E-state index in [1.54, 1.807) is 31.4 Å². The zero-order valence-electron chi connectivity index (χ0n) is 27.0. The second-order valence-electron chi connectivity index (χ2n) is 10.5. The summed E-state index contributed by atoms with van der Waals surface area (Å²) in [6.45, 7) is 2.34. The molecule has 2 N–H and O–H groups in total. The Hall–Kier alpha value is -4.67. The summed E-state index contributed by atoms with van der Waals surface area (Å²) in [6, 6.07) is 21.0. The zero-order valence-corrected chi connectivity index (χ0v) is 27.0. The topological polar surface area (TPSA) is 121 Å². The summed E-state index contributed by atoms with van der Waals surface area (Å²) in [7, 11) is 4.63. The van der Waals surface area contributed by atoms with E-state index in [0.717, 1.165) is 29.7 Å². The van der Waals surface area contributed by atoms with Gasteiger partial charge < -0.3 is 34.3 Å². The fourth-order valence-electron chi connectivity index (χ4n) is 4.58.